The van der Waals surface area contributed by atoms with Crippen molar-refractivity contribution < 1.29 is 19.3 Å². The van der Waals surface area contributed by atoms with E-state index in [4.69, 9.17) is 0 Å². The van der Waals surface area contributed by atoms with Crippen molar-refractivity contribution in [1.29, 1.82) is 0 Å². The Morgan fingerprint density at radius 1 is 1.00 bits per heavy atom. The third-order valence-electron chi connectivity index (χ3n) is 5.65. The number of amides is 3. The van der Waals surface area contributed by atoms with Gasteiger partial charge in [-0.3, -0.25) is 19.3 Å². The van der Waals surface area contributed by atoms with Crippen LogP contribution in [-0.4, -0.2) is 49.8 Å². The number of hydrogen-bond donors (Lipinski definition) is 2. The lowest BCUT2D eigenvalue weighted by Gasteiger charge is -2.22. The van der Waals surface area contributed by atoms with Gasteiger partial charge >= 0.3 is 0 Å². The zero-order valence-electron chi connectivity index (χ0n) is 17.9. The number of benzene rings is 2. The van der Waals surface area contributed by atoms with Crippen LogP contribution < -0.4 is 10.2 Å². The minimum absolute atomic E-state index is 0.0666. The van der Waals surface area contributed by atoms with Crippen LogP contribution in [0.3, 0.4) is 0 Å². The Hall–Kier alpha value is -2.99. The number of carbonyl (C=O) groups is 3. The van der Waals surface area contributed by atoms with Crippen LogP contribution in [0.5, 0.6) is 0 Å². The highest BCUT2D eigenvalue weighted by atomic mass is 16.2. The Balaban J connectivity index is 1.48. The topological polar surface area (TPSA) is 70.9 Å². The Bertz CT molecular complexity index is 887. The molecule has 3 rings (SSSR count). The third-order valence-corrected chi connectivity index (χ3v) is 5.65. The Morgan fingerprint density at radius 2 is 1.60 bits per heavy atom. The number of rotatable bonds is 9. The monoisotopic (exact) mass is 408 g/mol. The van der Waals surface area contributed by atoms with Gasteiger partial charge < -0.3 is 10.2 Å². The lowest BCUT2D eigenvalue weighted by molar-refractivity contribution is -0.890. The van der Waals surface area contributed by atoms with Crippen molar-refractivity contribution in [3.05, 3.63) is 70.8 Å². The smallest absolute Gasteiger partial charge is 0.261 e. The molecular weight excluding hydrogens is 378 g/mol. The number of quaternary nitrogens is 1. The fourth-order valence-electron chi connectivity index (χ4n) is 3.79. The van der Waals surface area contributed by atoms with Gasteiger partial charge in [0, 0.05) is 18.5 Å². The number of hydrogen-bond acceptors (Lipinski definition) is 3. The average Bonchev–Trinajstić information content (AvgIpc) is 2.99. The molecule has 0 aliphatic carbocycles. The number of fused-ring (bicyclic) bond motifs is 1. The molecule has 0 unspecified atom stereocenters. The van der Waals surface area contributed by atoms with Gasteiger partial charge in [-0.2, -0.15) is 0 Å². The van der Waals surface area contributed by atoms with Crippen molar-refractivity contribution in [2.24, 2.45) is 0 Å². The average molecular weight is 409 g/mol. The van der Waals surface area contributed by atoms with Crippen molar-refractivity contribution in [2.75, 3.05) is 27.2 Å². The first-order valence-electron chi connectivity index (χ1n) is 10.5. The van der Waals surface area contributed by atoms with Crippen molar-refractivity contribution in [3.63, 3.8) is 0 Å². The molecule has 0 fully saturated rings. The summed E-state index contributed by atoms with van der Waals surface area (Å²) in [5.74, 6) is -0.617. The molecule has 0 spiro atoms. The molecule has 0 radical (unpaired) electrons. The van der Waals surface area contributed by atoms with Crippen LogP contribution in [0.1, 0.15) is 57.7 Å². The van der Waals surface area contributed by atoms with E-state index in [-0.39, 0.29) is 36.7 Å². The number of nitrogens with one attached hydrogen (secondary N) is 2. The van der Waals surface area contributed by atoms with Gasteiger partial charge in [-0.15, -0.1) is 0 Å². The molecule has 1 aliphatic rings. The number of likely N-dealkylation sites (N-methyl/N-ethyl adjacent to an activating group) is 1. The summed E-state index contributed by atoms with van der Waals surface area (Å²) in [4.78, 5) is 39.6. The first kappa shape index (κ1) is 21.7. The zero-order chi connectivity index (χ0) is 21.7. The molecule has 6 heteroatoms. The maximum Gasteiger partial charge on any atom is 0.261 e. The Labute approximate surface area is 177 Å². The van der Waals surface area contributed by atoms with Crippen LogP contribution in [-0.2, 0) is 11.2 Å². The second-order valence-electron chi connectivity index (χ2n) is 7.94. The molecule has 1 atom stereocenters. The van der Waals surface area contributed by atoms with E-state index >= 15 is 0 Å². The highest BCUT2D eigenvalue weighted by Gasteiger charge is 2.34. The van der Waals surface area contributed by atoms with Crippen LogP contribution in [0.2, 0.25) is 0 Å². The van der Waals surface area contributed by atoms with Gasteiger partial charge in [0.1, 0.15) is 6.04 Å². The maximum absolute atomic E-state index is 12.4. The Morgan fingerprint density at radius 3 is 2.13 bits per heavy atom. The summed E-state index contributed by atoms with van der Waals surface area (Å²) in [6, 6.07) is 15.5. The predicted octanol–water partition coefficient (Wildman–Crippen LogP) is 1.63. The van der Waals surface area contributed by atoms with Crippen molar-refractivity contribution >= 4 is 17.7 Å². The zero-order valence-corrected chi connectivity index (χ0v) is 17.9. The second-order valence-corrected chi connectivity index (χ2v) is 7.94. The number of aryl methyl sites for hydroxylation is 1. The van der Waals surface area contributed by atoms with Gasteiger partial charge in [-0.05, 0) is 30.5 Å². The fourth-order valence-corrected chi connectivity index (χ4v) is 3.79. The van der Waals surface area contributed by atoms with Gasteiger partial charge in [-0.25, -0.2) is 0 Å². The molecular formula is C24H30N3O3+. The normalized spacial score (nSPS) is 14.2. The molecule has 6 nitrogen and oxygen atoms in total. The van der Waals surface area contributed by atoms with E-state index < -0.39 is 0 Å². The second kappa shape index (κ2) is 9.67. The molecule has 0 saturated heterocycles. The minimum Gasteiger partial charge on any atom is -0.350 e. The van der Waals surface area contributed by atoms with E-state index in [0.29, 0.717) is 24.1 Å². The summed E-state index contributed by atoms with van der Waals surface area (Å²) in [7, 11) is 4.15. The Kier molecular flexibility index (Phi) is 7.00. The molecule has 2 aromatic carbocycles. The lowest BCUT2D eigenvalue weighted by Crippen LogP contribution is -3.07. The summed E-state index contributed by atoms with van der Waals surface area (Å²) in [6.07, 6.45) is 1.73. The van der Waals surface area contributed by atoms with Crippen LogP contribution in [0.25, 0.3) is 0 Å². The molecule has 1 heterocycles. The quantitative estimate of drug-likeness (QED) is 0.620. The van der Waals surface area contributed by atoms with Gasteiger partial charge in [0.05, 0.1) is 31.8 Å². The molecule has 0 aromatic heterocycles. The molecule has 1 aliphatic heterocycles. The highest BCUT2D eigenvalue weighted by molar-refractivity contribution is 6.21. The molecule has 158 valence electrons. The summed E-state index contributed by atoms with van der Waals surface area (Å²) in [5, 5.41) is 3.01. The summed E-state index contributed by atoms with van der Waals surface area (Å²) >= 11 is 0. The van der Waals surface area contributed by atoms with E-state index in [1.807, 2.05) is 0 Å². The van der Waals surface area contributed by atoms with E-state index in [2.05, 4.69) is 50.6 Å². The van der Waals surface area contributed by atoms with E-state index in [1.54, 1.807) is 24.3 Å². The largest absolute Gasteiger partial charge is 0.350 e. The number of nitrogens with zero attached hydrogens (tertiary/aromatic N) is 1. The maximum atomic E-state index is 12.4. The molecule has 2 N–H and O–H groups in total. The predicted molar refractivity (Wildman–Crippen MR) is 115 cm³/mol. The molecule has 3 amide bonds. The number of imide groups is 1. The standard InChI is InChI=1S/C24H29N3O3/c1-4-17-11-13-18(14-12-17)21(26(2)3)16-25-22(28)10-7-15-27-23(29)19-8-5-6-9-20(19)24(27)30/h5-6,8-9,11-14,21H,4,7,10,15-16H2,1-3H3,(H,25,28)/p+1/t21-/m1/s1. The number of carbonyl (C=O) groups excluding carboxylic acids is 3. The molecule has 0 saturated carbocycles. The highest BCUT2D eigenvalue weighted by Crippen LogP contribution is 2.22. The summed E-state index contributed by atoms with van der Waals surface area (Å²) < 4.78 is 0. The third kappa shape index (κ3) is 4.76. The van der Waals surface area contributed by atoms with E-state index in [1.165, 1.54) is 20.9 Å². The van der Waals surface area contributed by atoms with Gasteiger partial charge in [0.25, 0.3) is 11.8 Å². The summed E-state index contributed by atoms with van der Waals surface area (Å²) in [5.41, 5.74) is 3.37. The van der Waals surface area contributed by atoms with Crippen LogP contribution in [0, 0.1) is 0 Å². The van der Waals surface area contributed by atoms with Crippen molar-refractivity contribution in [1.82, 2.24) is 10.2 Å². The van der Waals surface area contributed by atoms with Gasteiger partial charge in [0.15, 0.2) is 0 Å². The molecule has 30 heavy (non-hydrogen) atoms. The van der Waals surface area contributed by atoms with Crippen LogP contribution in [0.15, 0.2) is 48.5 Å². The van der Waals surface area contributed by atoms with E-state index in [0.717, 1.165) is 6.42 Å². The van der Waals surface area contributed by atoms with Crippen LogP contribution in [0.4, 0.5) is 0 Å². The first-order chi connectivity index (χ1) is 14.4. The fraction of sp³-hybridized carbons (Fsp3) is 0.375. The SMILES string of the molecule is CCc1ccc([C@@H](CNC(=O)CCCN2C(=O)c3ccccc3C2=O)[NH+](C)C)cc1. The van der Waals surface area contributed by atoms with Gasteiger partial charge in [0.2, 0.25) is 5.91 Å². The first-order valence-corrected chi connectivity index (χ1v) is 10.5. The lowest BCUT2D eigenvalue weighted by atomic mass is 10.0. The van der Waals surface area contributed by atoms with E-state index in [9.17, 15) is 14.4 Å². The molecule has 2 aromatic rings. The summed E-state index contributed by atoms with van der Waals surface area (Å²) in [6.45, 7) is 2.92. The van der Waals surface area contributed by atoms with Gasteiger partial charge in [-0.1, -0.05) is 43.3 Å². The molecule has 0 bridgehead atoms. The minimum atomic E-state index is -0.275. The van der Waals surface area contributed by atoms with Crippen LogP contribution >= 0.6 is 0 Å². The van der Waals surface area contributed by atoms with Crippen molar-refractivity contribution in [2.45, 2.75) is 32.2 Å². The van der Waals surface area contributed by atoms with Crippen molar-refractivity contribution in [3.8, 4) is 0 Å².